The number of anilines is 1. The molecule has 3 fully saturated rings. The first-order valence-corrected chi connectivity index (χ1v) is 11.9. The summed E-state index contributed by atoms with van der Waals surface area (Å²) in [6.45, 7) is 3.96. The van der Waals surface area contributed by atoms with Crippen LogP contribution >= 0.6 is 0 Å². The number of piperazine rings is 2. The number of aryl methyl sites for hydroxylation is 1. The predicted octanol–water partition coefficient (Wildman–Crippen LogP) is 0.883. The quantitative estimate of drug-likeness (QED) is 0.704. The van der Waals surface area contributed by atoms with Gasteiger partial charge in [0.15, 0.2) is 0 Å². The van der Waals surface area contributed by atoms with E-state index < -0.39 is 12.1 Å². The third kappa shape index (κ3) is 4.07. The predicted molar refractivity (Wildman–Crippen MR) is 121 cm³/mol. The summed E-state index contributed by atoms with van der Waals surface area (Å²) in [6, 6.07) is 2.66. The molecule has 5 rings (SSSR count). The van der Waals surface area contributed by atoms with Gasteiger partial charge >= 0.3 is 0 Å². The summed E-state index contributed by atoms with van der Waals surface area (Å²) in [6.07, 6.45) is 4.12. The Morgan fingerprint density at radius 2 is 2.03 bits per heavy atom. The average Bonchev–Trinajstić information content (AvgIpc) is 3.27. The minimum atomic E-state index is -0.457. The van der Waals surface area contributed by atoms with Crippen LogP contribution in [0.2, 0.25) is 0 Å². The molecule has 1 unspecified atom stereocenters. The van der Waals surface area contributed by atoms with Gasteiger partial charge in [0.2, 0.25) is 17.7 Å². The van der Waals surface area contributed by atoms with Crippen molar-refractivity contribution in [2.24, 2.45) is 0 Å². The van der Waals surface area contributed by atoms with Crippen molar-refractivity contribution in [3.63, 3.8) is 0 Å². The van der Waals surface area contributed by atoms with Crippen LogP contribution < -0.4 is 10.6 Å². The summed E-state index contributed by atoms with van der Waals surface area (Å²) in [7, 11) is 1.69. The Morgan fingerprint density at radius 1 is 1.21 bits per heavy atom. The van der Waals surface area contributed by atoms with Gasteiger partial charge in [-0.25, -0.2) is 4.39 Å². The number of benzene rings is 1. The summed E-state index contributed by atoms with van der Waals surface area (Å²) in [5.41, 5.74) is 2.28. The lowest BCUT2D eigenvalue weighted by molar-refractivity contribution is -0.159. The SMILES string of the molecule is Cc1ccc(F)c2c1NC(C(=O)N[C@@H]1CCC[C@@H](N3CCN4C(=O)CN(C)C(=O)[C@@H]4C3)C1)C2. The topological polar surface area (TPSA) is 85.0 Å². The molecule has 1 aliphatic carbocycles. The van der Waals surface area contributed by atoms with E-state index in [1.807, 2.05) is 6.92 Å². The van der Waals surface area contributed by atoms with Crippen LogP contribution in [-0.2, 0) is 20.8 Å². The molecule has 2 N–H and O–H groups in total. The van der Waals surface area contributed by atoms with Gasteiger partial charge < -0.3 is 20.4 Å². The van der Waals surface area contributed by atoms with E-state index in [1.54, 1.807) is 18.0 Å². The average molecular weight is 458 g/mol. The van der Waals surface area contributed by atoms with Crippen molar-refractivity contribution in [2.45, 2.75) is 63.2 Å². The van der Waals surface area contributed by atoms with Crippen LogP contribution in [0.1, 0.15) is 36.8 Å². The smallest absolute Gasteiger partial charge is 0.246 e. The maximum Gasteiger partial charge on any atom is 0.246 e. The zero-order valence-corrected chi connectivity index (χ0v) is 19.3. The molecule has 2 saturated heterocycles. The van der Waals surface area contributed by atoms with Gasteiger partial charge in [0, 0.05) is 56.4 Å². The first kappa shape index (κ1) is 22.1. The molecule has 33 heavy (non-hydrogen) atoms. The molecule has 0 bridgehead atoms. The lowest BCUT2D eigenvalue weighted by Gasteiger charge is -2.48. The molecule has 9 heteroatoms. The summed E-state index contributed by atoms with van der Waals surface area (Å²) in [4.78, 5) is 43.5. The molecule has 8 nitrogen and oxygen atoms in total. The number of halogens is 1. The Bertz CT molecular complexity index is 954. The Hall–Kier alpha value is -2.68. The molecule has 4 atom stereocenters. The molecule has 1 aromatic rings. The molecule has 4 aliphatic rings. The molecule has 3 amide bonds. The monoisotopic (exact) mass is 457 g/mol. The van der Waals surface area contributed by atoms with E-state index in [9.17, 15) is 18.8 Å². The second kappa shape index (κ2) is 8.59. The van der Waals surface area contributed by atoms with Gasteiger partial charge in [-0.1, -0.05) is 6.07 Å². The number of carbonyl (C=O) groups excluding carboxylic acids is 3. The van der Waals surface area contributed by atoms with E-state index in [1.165, 1.54) is 11.0 Å². The van der Waals surface area contributed by atoms with Gasteiger partial charge in [0.1, 0.15) is 17.9 Å². The third-order valence-corrected chi connectivity index (χ3v) is 7.78. The van der Waals surface area contributed by atoms with Crippen LogP contribution in [0.4, 0.5) is 10.1 Å². The van der Waals surface area contributed by atoms with Crippen molar-refractivity contribution >= 4 is 23.4 Å². The molecule has 3 heterocycles. The van der Waals surface area contributed by atoms with Crippen LogP contribution in [0, 0.1) is 12.7 Å². The molecular formula is C24H32FN5O3. The molecule has 3 aliphatic heterocycles. The largest absolute Gasteiger partial charge is 0.373 e. The van der Waals surface area contributed by atoms with Gasteiger partial charge in [0.05, 0.1) is 6.54 Å². The second-order valence-electron chi connectivity index (χ2n) is 9.94. The highest BCUT2D eigenvalue weighted by molar-refractivity contribution is 5.95. The molecule has 0 spiro atoms. The van der Waals surface area contributed by atoms with Crippen molar-refractivity contribution in [1.29, 1.82) is 0 Å². The van der Waals surface area contributed by atoms with E-state index in [0.29, 0.717) is 25.1 Å². The first-order valence-electron chi connectivity index (χ1n) is 11.9. The Morgan fingerprint density at radius 3 is 2.82 bits per heavy atom. The molecule has 0 radical (unpaired) electrons. The number of fused-ring (bicyclic) bond motifs is 2. The van der Waals surface area contributed by atoms with Gasteiger partial charge in [-0.3, -0.25) is 19.3 Å². The number of hydrogen-bond acceptors (Lipinski definition) is 5. The fourth-order valence-electron chi connectivity index (χ4n) is 5.93. The molecular weight excluding hydrogens is 425 g/mol. The van der Waals surface area contributed by atoms with Crippen LogP contribution in [-0.4, -0.2) is 89.8 Å². The Balaban J connectivity index is 1.19. The standard InChI is InChI=1S/C24H32FN5O3/c1-14-6-7-18(25)17-11-19(27-22(14)17)23(32)26-15-4-3-5-16(10-15)29-8-9-30-20(12-29)24(33)28(2)13-21(30)31/h6-7,15-16,19-20,27H,3-5,8-13H2,1-2H3,(H,26,32)/t15-,16-,19?,20+/m1/s1. The number of amides is 3. The number of carbonyl (C=O) groups is 3. The first-order chi connectivity index (χ1) is 15.8. The summed E-state index contributed by atoms with van der Waals surface area (Å²) in [5.74, 6) is -0.326. The maximum atomic E-state index is 14.2. The summed E-state index contributed by atoms with van der Waals surface area (Å²) >= 11 is 0. The number of hydrogen-bond donors (Lipinski definition) is 2. The van der Waals surface area contributed by atoms with Gasteiger partial charge in [-0.15, -0.1) is 0 Å². The van der Waals surface area contributed by atoms with Crippen LogP contribution in [0.25, 0.3) is 0 Å². The van der Waals surface area contributed by atoms with Crippen LogP contribution in [0.5, 0.6) is 0 Å². The normalized spacial score (nSPS) is 30.0. The zero-order valence-electron chi connectivity index (χ0n) is 19.3. The van der Waals surface area contributed by atoms with Crippen LogP contribution in [0.15, 0.2) is 12.1 Å². The molecule has 1 saturated carbocycles. The highest BCUT2D eigenvalue weighted by Gasteiger charge is 2.43. The van der Waals surface area contributed by atoms with Gasteiger partial charge in [-0.05, 0) is 44.2 Å². The van der Waals surface area contributed by atoms with Crippen molar-refractivity contribution in [3.8, 4) is 0 Å². The van der Waals surface area contributed by atoms with Crippen molar-refractivity contribution in [1.82, 2.24) is 20.0 Å². The fourth-order valence-corrected chi connectivity index (χ4v) is 5.93. The van der Waals surface area contributed by atoms with Gasteiger partial charge in [0.25, 0.3) is 0 Å². The Labute approximate surface area is 193 Å². The zero-order chi connectivity index (χ0) is 23.3. The van der Waals surface area contributed by atoms with E-state index in [4.69, 9.17) is 0 Å². The lowest BCUT2D eigenvalue weighted by Crippen LogP contribution is -2.67. The molecule has 178 valence electrons. The summed E-state index contributed by atoms with van der Waals surface area (Å²) < 4.78 is 14.2. The van der Waals surface area contributed by atoms with E-state index in [0.717, 1.165) is 43.5 Å². The Kier molecular flexibility index (Phi) is 5.76. The fraction of sp³-hybridized carbons (Fsp3) is 0.625. The third-order valence-electron chi connectivity index (χ3n) is 7.78. The number of rotatable bonds is 3. The maximum absolute atomic E-state index is 14.2. The van der Waals surface area contributed by atoms with Gasteiger partial charge in [-0.2, -0.15) is 0 Å². The number of nitrogens with zero attached hydrogens (tertiary/aromatic N) is 3. The lowest BCUT2D eigenvalue weighted by atomic mass is 9.88. The molecule has 0 aromatic heterocycles. The van der Waals surface area contributed by atoms with E-state index in [2.05, 4.69) is 15.5 Å². The van der Waals surface area contributed by atoms with E-state index in [-0.39, 0.29) is 42.2 Å². The minimum Gasteiger partial charge on any atom is -0.373 e. The van der Waals surface area contributed by atoms with Crippen LogP contribution in [0.3, 0.4) is 0 Å². The minimum absolute atomic E-state index is 0.00867. The second-order valence-corrected chi connectivity index (χ2v) is 9.94. The number of likely N-dealkylation sites (N-methyl/N-ethyl adjacent to an activating group) is 1. The number of nitrogens with one attached hydrogen (secondary N) is 2. The summed E-state index contributed by atoms with van der Waals surface area (Å²) in [5, 5.41) is 6.40. The van der Waals surface area contributed by atoms with E-state index >= 15 is 0 Å². The highest BCUT2D eigenvalue weighted by Crippen LogP contribution is 2.32. The van der Waals surface area contributed by atoms with Crippen molar-refractivity contribution < 1.29 is 18.8 Å². The molecule has 1 aromatic carbocycles. The van der Waals surface area contributed by atoms with Crippen molar-refractivity contribution in [2.75, 3.05) is 38.5 Å². The van der Waals surface area contributed by atoms with Crippen molar-refractivity contribution in [3.05, 3.63) is 29.1 Å². The highest BCUT2D eigenvalue weighted by atomic mass is 19.1.